The summed E-state index contributed by atoms with van der Waals surface area (Å²) in [6, 6.07) is 4.99. The summed E-state index contributed by atoms with van der Waals surface area (Å²) < 4.78 is 0. The van der Waals surface area contributed by atoms with E-state index in [4.69, 9.17) is 0 Å². The standard InChI is InChI=1S/C18H24O5/c1-3-11-9-14(5-6-15(11)19)18(17(22)23)8-7-12(16(20)21)10-13(18)4-2/h5-6,9,12-13,19H,3-4,7-8,10H2,1-2H3,(H,20,21)(H,22,23). The molecule has 1 aromatic carbocycles. The first-order valence-electron chi connectivity index (χ1n) is 8.15. The zero-order valence-electron chi connectivity index (χ0n) is 13.6. The molecule has 126 valence electrons. The fourth-order valence-electron chi connectivity index (χ4n) is 3.94. The molecule has 1 fully saturated rings. The topological polar surface area (TPSA) is 94.8 Å². The molecule has 3 unspecified atom stereocenters. The van der Waals surface area contributed by atoms with E-state index in [1.807, 2.05) is 13.8 Å². The van der Waals surface area contributed by atoms with Gasteiger partial charge < -0.3 is 15.3 Å². The van der Waals surface area contributed by atoms with E-state index in [1.165, 1.54) is 0 Å². The third kappa shape index (κ3) is 2.92. The van der Waals surface area contributed by atoms with Gasteiger partial charge in [0.25, 0.3) is 0 Å². The Hall–Kier alpha value is -2.04. The first-order valence-corrected chi connectivity index (χ1v) is 8.15. The molecule has 3 atom stereocenters. The minimum atomic E-state index is -1.07. The molecule has 5 heteroatoms. The van der Waals surface area contributed by atoms with E-state index in [1.54, 1.807) is 18.2 Å². The second-order valence-corrected chi connectivity index (χ2v) is 6.39. The molecule has 23 heavy (non-hydrogen) atoms. The van der Waals surface area contributed by atoms with Crippen molar-refractivity contribution in [1.82, 2.24) is 0 Å². The van der Waals surface area contributed by atoms with Crippen molar-refractivity contribution in [2.45, 2.75) is 51.4 Å². The number of aromatic hydroxyl groups is 1. The minimum Gasteiger partial charge on any atom is -0.508 e. The Morgan fingerprint density at radius 3 is 2.48 bits per heavy atom. The number of phenolic OH excluding ortho intramolecular Hbond substituents is 1. The van der Waals surface area contributed by atoms with Crippen LogP contribution in [0.1, 0.15) is 50.7 Å². The highest BCUT2D eigenvalue weighted by molar-refractivity contribution is 5.83. The van der Waals surface area contributed by atoms with Crippen molar-refractivity contribution in [3.63, 3.8) is 0 Å². The van der Waals surface area contributed by atoms with Crippen LogP contribution in [0.25, 0.3) is 0 Å². The molecule has 0 heterocycles. The molecule has 0 saturated heterocycles. The summed E-state index contributed by atoms with van der Waals surface area (Å²) in [5, 5.41) is 29.1. The highest BCUT2D eigenvalue weighted by atomic mass is 16.4. The Morgan fingerprint density at radius 1 is 1.26 bits per heavy atom. The molecule has 0 aromatic heterocycles. The van der Waals surface area contributed by atoms with Crippen LogP contribution in [-0.4, -0.2) is 27.3 Å². The third-order valence-corrected chi connectivity index (χ3v) is 5.35. The fraction of sp³-hybridized carbons (Fsp3) is 0.556. The molecule has 0 amide bonds. The Morgan fingerprint density at radius 2 is 1.96 bits per heavy atom. The van der Waals surface area contributed by atoms with Crippen molar-refractivity contribution in [3.8, 4) is 5.75 Å². The van der Waals surface area contributed by atoms with Gasteiger partial charge in [-0.05, 0) is 48.8 Å². The molecule has 3 N–H and O–H groups in total. The van der Waals surface area contributed by atoms with Crippen molar-refractivity contribution < 1.29 is 24.9 Å². The first kappa shape index (κ1) is 17.3. The fourth-order valence-corrected chi connectivity index (χ4v) is 3.94. The number of carboxylic acids is 2. The average Bonchev–Trinajstić information content (AvgIpc) is 2.54. The van der Waals surface area contributed by atoms with Gasteiger partial charge in [0, 0.05) is 0 Å². The second kappa shape index (κ2) is 6.60. The van der Waals surface area contributed by atoms with Crippen LogP contribution in [0.5, 0.6) is 5.75 Å². The van der Waals surface area contributed by atoms with Crippen molar-refractivity contribution >= 4 is 11.9 Å². The normalized spacial score (nSPS) is 27.6. The number of carbonyl (C=O) groups is 2. The molecule has 0 aliphatic heterocycles. The zero-order chi connectivity index (χ0) is 17.2. The number of aliphatic carboxylic acids is 2. The summed E-state index contributed by atoms with van der Waals surface area (Å²) in [5.41, 5.74) is 0.326. The van der Waals surface area contributed by atoms with Gasteiger partial charge in [-0.3, -0.25) is 9.59 Å². The van der Waals surface area contributed by atoms with E-state index < -0.39 is 23.3 Å². The quantitative estimate of drug-likeness (QED) is 0.774. The molecular formula is C18H24O5. The maximum atomic E-state index is 12.2. The summed E-state index contributed by atoms with van der Waals surface area (Å²) in [7, 11) is 0. The molecular weight excluding hydrogens is 296 g/mol. The van der Waals surface area contributed by atoms with E-state index in [9.17, 15) is 24.9 Å². The molecule has 0 radical (unpaired) electrons. The largest absolute Gasteiger partial charge is 0.508 e. The van der Waals surface area contributed by atoms with Gasteiger partial charge in [-0.25, -0.2) is 0 Å². The van der Waals surface area contributed by atoms with Crippen LogP contribution in [0.4, 0.5) is 0 Å². The van der Waals surface area contributed by atoms with E-state index in [-0.39, 0.29) is 11.7 Å². The van der Waals surface area contributed by atoms with Gasteiger partial charge in [0.2, 0.25) is 0 Å². The Bertz CT molecular complexity index is 609. The minimum absolute atomic E-state index is 0.170. The molecule has 1 aliphatic carbocycles. The summed E-state index contributed by atoms with van der Waals surface area (Å²) in [4.78, 5) is 23.5. The van der Waals surface area contributed by atoms with E-state index in [0.29, 0.717) is 37.7 Å². The van der Waals surface area contributed by atoms with Gasteiger partial charge in [-0.15, -0.1) is 0 Å². The van der Waals surface area contributed by atoms with Gasteiger partial charge in [0.1, 0.15) is 5.75 Å². The van der Waals surface area contributed by atoms with E-state index in [0.717, 1.165) is 5.56 Å². The lowest BCUT2D eigenvalue weighted by Crippen LogP contribution is -2.48. The van der Waals surface area contributed by atoms with Crippen LogP contribution in [0.2, 0.25) is 0 Å². The Kier molecular flexibility index (Phi) is 4.97. The molecule has 0 spiro atoms. The Balaban J connectivity index is 2.51. The van der Waals surface area contributed by atoms with Crippen LogP contribution in [-0.2, 0) is 21.4 Å². The SMILES string of the molecule is CCc1cc(C2(C(=O)O)CCC(C(=O)O)CC2CC)ccc1O. The smallest absolute Gasteiger partial charge is 0.314 e. The zero-order valence-corrected chi connectivity index (χ0v) is 13.6. The summed E-state index contributed by atoms with van der Waals surface area (Å²) in [6.45, 7) is 3.82. The number of carboxylic acid groups (broad SMARTS) is 2. The van der Waals surface area contributed by atoms with Crippen LogP contribution in [0.3, 0.4) is 0 Å². The average molecular weight is 320 g/mol. The monoisotopic (exact) mass is 320 g/mol. The van der Waals surface area contributed by atoms with E-state index >= 15 is 0 Å². The number of hydrogen-bond acceptors (Lipinski definition) is 3. The predicted molar refractivity (Wildman–Crippen MR) is 85.6 cm³/mol. The van der Waals surface area contributed by atoms with Crippen molar-refractivity contribution in [2.24, 2.45) is 11.8 Å². The van der Waals surface area contributed by atoms with Crippen LogP contribution in [0.15, 0.2) is 18.2 Å². The maximum absolute atomic E-state index is 12.2. The highest BCUT2D eigenvalue weighted by Crippen LogP contribution is 2.48. The lowest BCUT2D eigenvalue weighted by molar-refractivity contribution is -0.153. The first-order chi connectivity index (χ1) is 10.9. The molecule has 1 aromatic rings. The lowest BCUT2D eigenvalue weighted by atomic mass is 9.59. The summed E-state index contributed by atoms with van der Waals surface area (Å²) in [6.07, 6.45) is 2.27. The van der Waals surface area contributed by atoms with Crippen LogP contribution >= 0.6 is 0 Å². The number of hydrogen-bond donors (Lipinski definition) is 3. The highest BCUT2D eigenvalue weighted by Gasteiger charge is 2.51. The van der Waals surface area contributed by atoms with Gasteiger partial charge in [-0.1, -0.05) is 32.4 Å². The molecule has 1 saturated carbocycles. The van der Waals surface area contributed by atoms with Crippen LogP contribution < -0.4 is 0 Å². The van der Waals surface area contributed by atoms with Crippen LogP contribution in [0, 0.1) is 11.8 Å². The predicted octanol–water partition coefficient (Wildman–Crippen LogP) is 3.19. The summed E-state index contributed by atoms with van der Waals surface area (Å²) >= 11 is 0. The molecule has 1 aliphatic rings. The summed E-state index contributed by atoms with van der Waals surface area (Å²) in [5.74, 6) is -2.29. The number of benzene rings is 1. The molecule has 2 rings (SSSR count). The Labute approximate surface area is 136 Å². The van der Waals surface area contributed by atoms with Crippen molar-refractivity contribution in [2.75, 3.05) is 0 Å². The third-order valence-electron chi connectivity index (χ3n) is 5.35. The van der Waals surface area contributed by atoms with Gasteiger partial charge in [-0.2, -0.15) is 0 Å². The van der Waals surface area contributed by atoms with Crippen molar-refractivity contribution in [3.05, 3.63) is 29.3 Å². The maximum Gasteiger partial charge on any atom is 0.314 e. The second-order valence-electron chi connectivity index (χ2n) is 6.39. The molecule has 0 bridgehead atoms. The number of aryl methyl sites for hydroxylation is 1. The van der Waals surface area contributed by atoms with Gasteiger partial charge in [0.05, 0.1) is 11.3 Å². The van der Waals surface area contributed by atoms with Crippen molar-refractivity contribution in [1.29, 1.82) is 0 Å². The number of phenols is 1. The lowest BCUT2D eigenvalue weighted by Gasteiger charge is -2.43. The molecule has 5 nitrogen and oxygen atoms in total. The number of rotatable bonds is 5. The van der Waals surface area contributed by atoms with Gasteiger partial charge >= 0.3 is 11.9 Å². The van der Waals surface area contributed by atoms with Gasteiger partial charge in [0.15, 0.2) is 0 Å². The van der Waals surface area contributed by atoms with E-state index in [2.05, 4.69) is 0 Å².